The monoisotopic (exact) mass is 603 g/mol. The molecule has 0 aliphatic heterocycles. The molecular weight excluding hydrogens is 574 g/mol. The highest BCUT2D eigenvalue weighted by atomic mass is 16.3. The number of hydrogen-bond donors (Lipinski definition) is 0. The number of para-hydroxylation sites is 2. The molecule has 1 aliphatic rings. The van der Waals surface area contributed by atoms with E-state index in [-0.39, 0.29) is 5.41 Å². The molecule has 0 saturated carbocycles. The highest BCUT2D eigenvalue weighted by Crippen LogP contribution is 2.53. The van der Waals surface area contributed by atoms with E-state index in [0.29, 0.717) is 11.4 Å². The minimum atomic E-state index is -0.105. The molecule has 222 valence electrons. The van der Waals surface area contributed by atoms with E-state index >= 15 is 0 Å². The van der Waals surface area contributed by atoms with Crippen LogP contribution in [0.15, 0.2) is 144 Å². The average Bonchev–Trinajstić information content (AvgIpc) is 3.74. The lowest BCUT2D eigenvalue weighted by atomic mass is 9.80. The molecule has 3 aromatic heterocycles. The van der Waals surface area contributed by atoms with Crippen molar-refractivity contribution in [3.63, 3.8) is 0 Å². The van der Waals surface area contributed by atoms with Gasteiger partial charge in [0.1, 0.15) is 16.8 Å². The molecule has 10 rings (SSSR count). The molecule has 0 spiro atoms. The molecule has 1 aliphatic carbocycles. The van der Waals surface area contributed by atoms with E-state index < -0.39 is 0 Å². The molecule has 4 nitrogen and oxygen atoms in total. The molecule has 0 saturated heterocycles. The van der Waals surface area contributed by atoms with Gasteiger partial charge in [-0.3, -0.25) is 0 Å². The first-order valence-electron chi connectivity index (χ1n) is 16.1. The third-order valence-electron chi connectivity index (χ3n) is 10.0. The Morgan fingerprint density at radius 3 is 2.15 bits per heavy atom. The minimum Gasteiger partial charge on any atom is -0.452 e. The van der Waals surface area contributed by atoms with Crippen LogP contribution in [0.1, 0.15) is 25.0 Å². The molecule has 9 aromatic rings. The Bertz CT molecular complexity index is 2700. The molecule has 3 heterocycles. The zero-order valence-electron chi connectivity index (χ0n) is 26.0. The van der Waals surface area contributed by atoms with Gasteiger partial charge < -0.3 is 8.98 Å². The van der Waals surface area contributed by atoms with Gasteiger partial charge in [0, 0.05) is 38.4 Å². The lowest BCUT2D eigenvalue weighted by molar-refractivity contribution is 0.666. The second-order valence-electron chi connectivity index (χ2n) is 13.0. The maximum Gasteiger partial charge on any atom is 0.180 e. The van der Waals surface area contributed by atoms with Crippen LogP contribution in [0.4, 0.5) is 0 Å². The third-order valence-corrected chi connectivity index (χ3v) is 10.0. The van der Waals surface area contributed by atoms with Crippen LogP contribution in [0.3, 0.4) is 0 Å². The Morgan fingerprint density at radius 1 is 0.574 bits per heavy atom. The molecule has 0 atom stereocenters. The Hall–Kier alpha value is -6.00. The van der Waals surface area contributed by atoms with Gasteiger partial charge in [-0.15, -0.1) is 0 Å². The molecular formula is C43H29N3O. The van der Waals surface area contributed by atoms with Crippen LogP contribution in [0.2, 0.25) is 0 Å². The SMILES string of the molecule is CC1(C)c2ccccc2-c2ccc3c(c21)c1ccccc1n3-c1ccc(-c2nc(-c3ccccc3)nc3c2oc2ccccc23)cc1. The Kier molecular flexibility index (Phi) is 5.31. The predicted molar refractivity (Wildman–Crippen MR) is 192 cm³/mol. The zero-order valence-corrected chi connectivity index (χ0v) is 26.0. The second kappa shape index (κ2) is 9.51. The fraction of sp³-hybridized carbons (Fsp3) is 0.0698. The van der Waals surface area contributed by atoms with Crippen molar-refractivity contribution < 1.29 is 4.42 Å². The summed E-state index contributed by atoms with van der Waals surface area (Å²) in [6, 6.07) is 49.2. The van der Waals surface area contributed by atoms with Gasteiger partial charge in [0.2, 0.25) is 0 Å². The fourth-order valence-electron chi connectivity index (χ4n) is 7.88. The van der Waals surface area contributed by atoms with E-state index in [9.17, 15) is 0 Å². The van der Waals surface area contributed by atoms with Crippen LogP contribution in [-0.2, 0) is 5.41 Å². The summed E-state index contributed by atoms with van der Waals surface area (Å²) in [5, 5.41) is 3.59. The highest BCUT2D eigenvalue weighted by Gasteiger charge is 2.38. The lowest BCUT2D eigenvalue weighted by Gasteiger charge is -2.22. The van der Waals surface area contributed by atoms with Gasteiger partial charge in [0.15, 0.2) is 11.4 Å². The molecule has 6 aromatic carbocycles. The summed E-state index contributed by atoms with van der Waals surface area (Å²) in [4.78, 5) is 10.1. The summed E-state index contributed by atoms with van der Waals surface area (Å²) in [7, 11) is 0. The van der Waals surface area contributed by atoms with Crippen LogP contribution in [-0.4, -0.2) is 14.5 Å². The van der Waals surface area contributed by atoms with E-state index in [1.165, 1.54) is 44.1 Å². The molecule has 0 N–H and O–H groups in total. The smallest absolute Gasteiger partial charge is 0.180 e. The van der Waals surface area contributed by atoms with Gasteiger partial charge in [-0.25, -0.2) is 9.97 Å². The highest BCUT2D eigenvalue weighted by molar-refractivity contribution is 6.14. The van der Waals surface area contributed by atoms with Crippen molar-refractivity contribution in [2.45, 2.75) is 19.3 Å². The normalized spacial score (nSPS) is 13.5. The summed E-state index contributed by atoms with van der Waals surface area (Å²) in [5.41, 5.74) is 14.0. The first-order valence-corrected chi connectivity index (χ1v) is 16.1. The summed E-state index contributed by atoms with van der Waals surface area (Å²) in [6.07, 6.45) is 0. The van der Waals surface area contributed by atoms with E-state index in [2.05, 4.69) is 122 Å². The zero-order chi connectivity index (χ0) is 31.3. The first kappa shape index (κ1) is 26.2. The maximum atomic E-state index is 6.41. The fourth-order valence-corrected chi connectivity index (χ4v) is 7.88. The quantitative estimate of drug-likeness (QED) is 0.202. The molecule has 0 fully saturated rings. The summed E-state index contributed by atoms with van der Waals surface area (Å²) < 4.78 is 8.81. The van der Waals surface area contributed by atoms with Gasteiger partial charge in [0.05, 0.1) is 11.0 Å². The van der Waals surface area contributed by atoms with Crippen molar-refractivity contribution in [2.75, 3.05) is 0 Å². The second-order valence-corrected chi connectivity index (χ2v) is 13.0. The Balaban J connectivity index is 1.18. The lowest BCUT2D eigenvalue weighted by Crippen LogP contribution is -2.15. The van der Waals surface area contributed by atoms with Gasteiger partial charge >= 0.3 is 0 Å². The van der Waals surface area contributed by atoms with Gasteiger partial charge in [0.25, 0.3) is 0 Å². The van der Waals surface area contributed by atoms with E-state index in [1.807, 2.05) is 36.4 Å². The molecule has 0 radical (unpaired) electrons. The van der Waals surface area contributed by atoms with Crippen molar-refractivity contribution in [1.29, 1.82) is 0 Å². The summed E-state index contributed by atoms with van der Waals surface area (Å²) in [5.74, 6) is 0.684. The first-order chi connectivity index (χ1) is 23.1. The van der Waals surface area contributed by atoms with Gasteiger partial charge in [-0.05, 0) is 58.7 Å². The van der Waals surface area contributed by atoms with Crippen molar-refractivity contribution in [3.8, 4) is 39.5 Å². The number of aromatic nitrogens is 3. The number of hydrogen-bond acceptors (Lipinski definition) is 3. The van der Waals surface area contributed by atoms with Crippen LogP contribution in [0.5, 0.6) is 0 Å². The maximum absolute atomic E-state index is 6.41. The van der Waals surface area contributed by atoms with E-state index in [0.717, 1.165) is 39.0 Å². The average molecular weight is 604 g/mol. The molecule has 0 unspecified atom stereocenters. The van der Waals surface area contributed by atoms with Crippen molar-refractivity contribution >= 4 is 43.9 Å². The van der Waals surface area contributed by atoms with E-state index in [1.54, 1.807) is 0 Å². The van der Waals surface area contributed by atoms with Crippen LogP contribution < -0.4 is 0 Å². The number of nitrogens with zero attached hydrogens (tertiary/aromatic N) is 3. The standard InChI is InChI=1S/C43H29N3O/c1-43(2)33-17-9-6-14-29(33)30-24-25-35-37(38(30)43)31-15-7-10-18-34(31)46(35)28-22-20-26(21-23-28)39-41-40(32-16-8-11-19-36(32)47-41)45-42(44-39)27-12-4-3-5-13-27/h3-25H,1-2H3. The largest absolute Gasteiger partial charge is 0.452 e. The molecule has 0 bridgehead atoms. The Morgan fingerprint density at radius 2 is 1.30 bits per heavy atom. The Labute approximate surface area is 271 Å². The van der Waals surface area contributed by atoms with Crippen LogP contribution >= 0.6 is 0 Å². The van der Waals surface area contributed by atoms with E-state index in [4.69, 9.17) is 14.4 Å². The topological polar surface area (TPSA) is 43.9 Å². The van der Waals surface area contributed by atoms with Crippen molar-refractivity contribution in [2.24, 2.45) is 0 Å². The third kappa shape index (κ3) is 3.64. The van der Waals surface area contributed by atoms with Gasteiger partial charge in [-0.1, -0.05) is 117 Å². The number of fused-ring (bicyclic) bond motifs is 10. The van der Waals surface area contributed by atoms with Crippen molar-refractivity contribution in [1.82, 2.24) is 14.5 Å². The predicted octanol–water partition coefficient (Wildman–Crippen LogP) is 11.1. The van der Waals surface area contributed by atoms with Crippen molar-refractivity contribution in [3.05, 3.63) is 151 Å². The molecule has 0 amide bonds. The van der Waals surface area contributed by atoms with Crippen LogP contribution in [0, 0.1) is 0 Å². The summed E-state index contributed by atoms with van der Waals surface area (Å²) >= 11 is 0. The van der Waals surface area contributed by atoms with Gasteiger partial charge in [-0.2, -0.15) is 0 Å². The minimum absolute atomic E-state index is 0.105. The molecule has 47 heavy (non-hydrogen) atoms. The summed E-state index contributed by atoms with van der Waals surface area (Å²) in [6.45, 7) is 4.73. The van der Waals surface area contributed by atoms with Crippen LogP contribution in [0.25, 0.3) is 83.3 Å². The molecule has 4 heteroatoms. The number of furan rings is 1. The number of rotatable bonds is 3. The number of benzene rings is 6.